The van der Waals surface area contributed by atoms with Crippen LogP contribution in [-0.2, 0) is 9.53 Å². The highest BCUT2D eigenvalue weighted by Crippen LogP contribution is 2.29. The Morgan fingerprint density at radius 3 is 2.40 bits per heavy atom. The minimum atomic E-state index is -0.583. The third kappa shape index (κ3) is 4.17. The molecule has 1 aliphatic heterocycles. The number of carbonyl (C=O) groups excluding carboxylic acids is 1. The molecule has 0 aromatic carbocycles. The SMILES string of the molecule is CC1CN(C(=O)CN(C)CC2(O)CCCC2)CC(C)O1. The van der Waals surface area contributed by atoms with Gasteiger partial charge in [-0.2, -0.15) is 0 Å². The van der Waals surface area contributed by atoms with E-state index in [1.165, 1.54) is 0 Å². The van der Waals surface area contributed by atoms with Gasteiger partial charge >= 0.3 is 0 Å². The van der Waals surface area contributed by atoms with Gasteiger partial charge in [0.1, 0.15) is 0 Å². The number of carbonyl (C=O) groups is 1. The second-order valence-corrected chi connectivity index (χ2v) is 6.66. The number of rotatable bonds is 4. The number of morpholine rings is 1. The van der Waals surface area contributed by atoms with Crippen molar-refractivity contribution in [3.8, 4) is 0 Å². The van der Waals surface area contributed by atoms with Crippen LogP contribution in [0.4, 0.5) is 0 Å². The lowest BCUT2D eigenvalue weighted by atomic mass is 10.0. The fourth-order valence-corrected chi connectivity index (χ4v) is 3.46. The van der Waals surface area contributed by atoms with E-state index < -0.39 is 5.60 Å². The van der Waals surface area contributed by atoms with Crippen LogP contribution in [0, 0.1) is 0 Å². The second kappa shape index (κ2) is 6.41. The summed E-state index contributed by atoms with van der Waals surface area (Å²) in [7, 11) is 1.92. The van der Waals surface area contributed by atoms with E-state index >= 15 is 0 Å². The Kier molecular flexibility index (Phi) is 5.04. The third-order valence-corrected chi connectivity index (χ3v) is 4.28. The summed E-state index contributed by atoms with van der Waals surface area (Å²) < 4.78 is 5.65. The van der Waals surface area contributed by atoms with E-state index in [9.17, 15) is 9.90 Å². The zero-order chi connectivity index (χ0) is 14.8. The van der Waals surface area contributed by atoms with Gasteiger partial charge in [-0.15, -0.1) is 0 Å². The molecule has 1 heterocycles. The topological polar surface area (TPSA) is 53.0 Å². The van der Waals surface area contributed by atoms with Crippen LogP contribution in [0.25, 0.3) is 0 Å². The Balaban J connectivity index is 1.81. The van der Waals surface area contributed by atoms with Gasteiger partial charge in [0.15, 0.2) is 0 Å². The molecule has 1 amide bonds. The van der Waals surface area contributed by atoms with E-state index in [4.69, 9.17) is 4.74 Å². The van der Waals surface area contributed by atoms with Crippen molar-refractivity contribution < 1.29 is 14.6 Å². The molecule has 2 atom stereocenters. The number of aliphatic hydroxyl groups is 1. The van der Waals surface area contributed by atoms with Crippen LogP contribution in [0.1, 0.15) is 39.5 Å². The van der Waals surface area contributed by atoms with Crippen LogP contribution in [0.2, 0.25) is 0 Å². The highest BCUT2D eigenvalue weighted by atomic mass is 16.5. The first-order valence-corrected chi connectivity index (χ1v) is 7.72. The lowest BCUT2D eigenvalue weighted by Gasteiger charge is -2.36. The van der Waals surface area contributed by atoms with Crippen molar-refractivity contribution in [2.75, 3.05) is 33.2 Å². The van der Waals surface area contributed by atoms with Crippen LogP contribution < -0.4 is 0 Å². The van der Waals surface area contributed by atoms with Gasteiger partial charge in [0.05, 0.1) is 24.4 Å². The summed E-state index contributed by atoms with van der Waals surface area (Å²) in [6.45, 7) is 6.31. The van der Waals surface area contributed by atoms with Crippen molar-refractivity contribution in [3.05, 3.63) is 0 Å². The molecule has 0 aromatic rings. The first-order chi connectivity index (χ1) is 9.38. The second-order valence-electron chi connectivity index (χ2n) is 6.66. The van der Waals surface area contributed by atoms with E-state index in [1.54, 1.807) is 0 Å². The summed E-state index contributed by atoms with van der Waals surface area (Å²) in [6, 6.07) is 0. The molecule has 1 N–H and O–H groups in total. The number of likely N-dealkylation sites (N-methyl/N-ethyl adjacent to an activating group) is 1. The fraction of sp³-hybridized carbons (Fsp3) is 0.933. The molecule has 2 aliphatic rings. The average Bonchev–Trinajstić information content (AvgIpc) is 2.73. The Hall–Kier alpha value is -0.650. The van der Waals surface area contributed by atoms with Crippen molar-refractivity contribution in [2.45, 2.75) is 57.3 Å². The molecule has 2 fully saturated rings. The van der Waals surface area contributed by atoms with E-state index in [1.807, 2.05) is 30.7 Å². The molecule has 1 saturated carbocycles. The molecule has 1 aliphatic carbocycles. The van der Waals surface area contributed by atoms with Crippen LogP contribution in [0.15, 0.2) is 0 Å². The average molecular weight is 284 g/mol. The lowest BCUT2D eigenvalue weighted by molar-refractivity contribution is -0.144. The maximum absolute atomic E-state index is 12.3. The predicted molar refractivity (Wildman–Crippen MR) is 77.5 cm³/mol. The molecule has 0 radical (unpaired) electrons. The van der Waals surface area contributed by atoms with Gasteiger partial charge in [-0.05, 0) is 33.7 Å². The summed E-state index contributed by atoms with van der Waals surface area (Å²) in [5, 5.41) is 10.4. The number of ether oxygens (including phenoxy) is 1. The van der Waals surface area contributed by atoms with Gasteiger partial charge in [-0.3, -0.25) is 9.69 Å². The lowest BCUT2D eigenvalue weighted by Crippen LogP contribution is -2.51. The monoisotopic (exact) mass is 284 g/mol. The van der Waals surface area contributed by atoms with Gasteiger partial charge in [0.2, 0.25) is 5.91 Å². The van der Waals surface area contributed by atoms with Gasteiger partial charge < -0.3 is 14.7 Å². The maximum atomic E-state index is 12.3. The van der Waals surface area contributed by atoms with Crippen LogP contribution in [-0.4, -0.2) is 71.8 Å². The third-order valence-electron chi connectivity index (χ3n) is 4.28. The molecule has 20 heavy (non-hydrogen) atoms. The van der Waals surface area contributed by atoms with Crippen molar-refractivity contribution in [1.29, 1.82) is 0 Å². The molecule has 1 saturated heterocycles. The molecule has 2 unspecified atom stereocenters. The van der Waals surface area contributed by atoms with Crippen molar-refractivity contribution in [3.63, 3.8) is 0 Å². The highest BCUT2D eigenvalue weighted by molar-refractivity contribution is 5.78. The van der Waals surface area contributed by atoms with Gasteiger partial charge in [-0.25, -0.2) is 0 Å². The van der Waals surface area contributed by atoms with Crippen LogP contribution in [0.3, 0.4) is 0 Å². The number of hydrogen-bond acceptors (Lipinski definition) is 4. The first kappa shape index (κ1) is 15.7. The zero-order valence-corrected chi connectivity index (χ0v) is 13.0. The Labute approximate surface area is 121 Å². The summed E-state index contributed by atoms with van der Waals surface area (Å²) >= 11 is 0. The van der Waals surface area contributed by atoms with E-state index in [0.29, 0.717) is 26.2 Å². The van der Waals surface area contributed by atoms with Gasteiger partial charge in [0, 0.05) is 19.6 Å². The normalized spacial score (nSPS) is 29.9. The molecular formula is C15H28N2O3. The molecule has 0 aromatic heterocycles. The Morgan fingerprint density at radius 2 is 1.85 bits per heavy atom. The van der Waals surface area contributed by atoms with Crippen molar-refractivity contribution in [1.82, 2.24) is 9.80 Å². The van der Waals surface area contributed by atoms with Crippen molar-refractivity contribution in [2.24, 2.45) is 0 Å². The Bertz CT molecular complexity index is 332. The largest absolute Gasteiger partial charge is 0.389 e. The summed E-state index contributed by atoms with van der Waals surface area (Å²) in [5.74, 6) is 0.135. The summed E-state index contributed by atoms with van der Waals surface area (Å²) in [5.41, 5.74) is -0.583. The summed E-state index contributed by atoms with van der Waals surface area (Å²) in [6.07, 6.45) is 4.11. The molecule has 0 spiro atoms. The molecule has 116 valence electrons. The van der Waals surface area contributed by atoms with E-state index in [-0.39, 0.29) is 18.1 Å². The zero-order valence-electron chi connectivity index (χ0n) is 13.0. The molecule has 0 bridgehead atoms. The number of hydrogen-bond donors (Lipinski definition) is 1. The molecular weight excluding hydrogens is 256 g/mol. The number of amides is 1. The molecule has 2 rings (SSSR count). The smallest absolute Gasteiger partial charge is 0.236 e. The quantitative estimate of drug-likeness (QED) is 0.832. The standard InChI is InChI=1S/C15H28N2O3/c1-12-8-17(9-13(2)20-12)14(18)10-16(3)11-15(19)6-4-5-7-15/h12-13,19H,4-11H2,1-3H3. The molecule has 5 nitrogen and oxygen atoms in total. The van der Waals surface area contributed by atoms with Crippen LogP contribution >= 0.6 is 0 Å². The minimum absolute atomic E-state index is 0.104. The minimum Gasteiger partial charge on any atom is -0.389 e. The van der Waals surface area contributed by atoms with E-state index in [2.05, 4.69) is 0 Å². The van der Waals surface area contributed by atoms with Crippen molar-refractivity contribution >= 4 is 5.91 Å². The fourth-order valence-electron chi connectivity index (χ4n) is 3.46. The van der Waals surface area contributed by atoms with E-state index in [0.717, 1.165) is 25.7 Å². The Morgan fingerprint density at radius 1 is 1.30 bits per heavy atom. The van der Waals surface area contributed by atoms with Crippen LogP contribution in [0.5, 0.6) is 0 Å². The first-order valence-electron chi connectivity index (χ1n) is 7.72. The van der Waals surface area contributed by atoms with Gasteiger partial charge in [0.25, 0.3) is 0 Å². The summed E-state index contributed by atoms with van der Waals surface area (Å²) in [4.78, 5) is 16.2. The maximum Gasteiger partial charge on any atom is 0.236 e. The predicted octanol–water partition coefficient (Wildman–Crippen LogP) is 0.859. The highest BCUT2D eigenvalue weighted by Gasteiger charge is 2.33. The number of nitrogens with zero attached hydrogens (tertiary/aromatic N) is 2. The van der Waals surface area contributed by atoms with Gasteiger partial charge in [-0.1, -0.05) is 12.8 Å². The molecule has 5 heteroatoms.